The van der Waals surface area contributed by atoms with E-state index >= 15 is 0 Å². The fraction of sp³-hybridized carbons (Fsp3) is 0.111. The Hall–Kier alpha value is -2.80. The maximum Gasteiger partial charge on any atom is 0.331 e. The molecule has 1 aromatic heterocycles. The first-order chi connectivity index (χ1) is 11.9. The maximum atomic E-state index is 12.4. The van der Waals surface area contributed by atoms with Crippen molar-refractivity contribution in [2.45, 2.75) is 13.5 Å². The molecule has 0 saturated carbocycles. The monoisotopic (exact) mass is 400 g/mol. The van der Waals surface area contributed by atoms with Gasteiger partial charge in [0.2, 0.25) is 0 Å². The lowest BCUT2D eigenvalue weighted by molar-refractivity contribution is -0.135. The summed E-state index contributed by atoms with van der Waals surface area (Å²) in [4.78, 5) is 39.9. The van der Waals surface area contributed by atoms with Gasteiger partial charge in [-0.25, -0.2) is 9.78 Å². The van der Waals surface area contributed by atoms with E-state index in [0.717, 1.165) is 4.47 Å². The Labute approximate surface area is 151 Å². The fourth-order valence-electron chi connectivity index (χ4n) is 2.30. The molecule has 0 N–H and O–H groups in total. The van der Waals surface area contributed by atoms with E-state index in [-0.39, 0.29) is 17.9 Å². The van der Waals surface area contributed by atoms with Crippen LogP contribution in [0.3, 0.4) is 0 Å². The van der Waals surface area contributed by atoms with Crippen LogP contribution >= 0.6 is 15.9 Å². The highest BCUT2D eigenvalue weighted by Crippen LogP contribution is 2.15. The van der Waals surface area contributed by atoms with Gasteiger partial charge in [-0.2, -0.15) is 0 Å². The van der Waals surface area contributed by atoms with Gasteiger partial charge in [0, 0.05) is 10.0 Å². The summed E-state index contributed by atoms with van der Waals surface area (Å²) in [5.74, 6) is -0.369. The number of carbonyl (C=O) groups excluding carboxylic acids is 2. The van der Waals surface area contributed by atoms with Crippen LogP contribution in [-0.4, -0.2) is 21.3 Å². The van der Waals surface area contributed by atoms with Crippen molar-refractivity contribution in [3.8, 4) is 5.75 Å². The molecule has 2 aromatic carbocycles. The van der Waals surface area contributed by atoms with Crippen LogP contribution in [0.2, 0.25) is 0 Å². The lowest BCUT2D eigenvalue weighted by Crippen LogP contribution is -2.26. The zero-order valence-electron chi connectivity index (χ0n) is 13.2. The fourth-order valence-corrected chi connectivity index (χ4v) is 2.67. The first-order valence-electron chi connectivity index (χ1n) is 7.40. The third kappa shape index (κ3) is 3.83. The van der Waals surface area contributed by atoms with Crippen LogP contribution < -0.4 is 10.3 Å². The van der Waals surface area contributed by atoms with Crippen molar-refractivity contribution in [1.29, 1.82) is 0 Å². The molecule has 0 aliphatic heterocycles. The standard InChI is InChI=1S/C18H13BrN2O4/c1-11(22)12-2-5-14(6-3-12)25-17(23)9-21-10-20-16-7-4-13(19)8-15(16)18(21)24/h2-8,10H,9H2,1H3. The highest BCUT2D eigenvalue weighted by molar-refractivity contribution is 9.10. The maximum absolute atomic E-state index is 12.4. The van der Waals surface area contributed by atoms with E-state index in [2.05, 4.69) is 20.9 Å². The Balaban J connectivity index is 1.79. The summed E-state index contributed by atoms with van der Waals surface area (Å²) in [7, 11) is 0. The number of hydrogen-bond acceptors (Lipinski definition) is 5. The van der Waals surface area contributed by atoms with Crippen LogP contribution in [0.5, 0.6) is 5.75 Å². The molecule has 0 fully saturated rings. The Morgan fingerprint density at radius 3 is 2.56 bits per heavy atom. The van der Waals surface area contributed by atoms with Crippen LogP contribution in [0.1, 0.15) is 17.3 Å². The van der Waals surface area contributed by atoms with Gasteiger partial charge in [0.25, 0.3) is 5.56 Å². The zero-order valence-corrected chi connectivity index (χ0v) is 14.8. The van der Waals surface area contributed by atoms with Gasteiger partial charge < -0.3 is 4.74 Å². The lowest BCUT2D eigenvalue weighted by atomic mass is 10.1. The molecule has 0 unspecified atom stereocenters. The molecule has 126 valence electrons. The molecule has 0 radical (unpaired) electrons. The topological polar surface area (TPSA) is 78.3 Å². The molecule has 0 aliphatic rings. The third-order valence-corrected chi connectivity index (χ3v) is 4.07. The molecule has 1 heterocycles. The summed E-state index contributed by atoms with van der Waals surface area (Å²) >= 11 is 3.31. The van der Waals surface area contributed by atoms with E-state index in [1.165, 1.54) is 30.0 Å². The number of benzene rings is 2. The number of hydrogen-bond donors (Lipinski definition) is 0. The number of aromatic nitrogens is 2. The number of Topliss-reactive ketones (excluding diaryl/α,β-unsaturated/α-hetero) is 1. The number of ether oxygens (including phenoxy) is 1. The Kier molecular flexibility index (Phi) is 4.76. The van der Waals surface area contributed by atoms with Crippen LogP contribution in [0.15, 0.2) is 58.1 Å². The van der Waals surface area contributed by atoms with Crippen LogP contribution in [-0.2, 0) is 11.3 Å². The summed E-state index contributed by atoms with van der Waals surface area (Å²) in [6.45, 7) is 1.20. The molecular formula is C18H13BrN2O4. The molecule has 0 aliphatic carbocycles. The predicted octanol–water partition coefficient (Wildman–Crippen LogP) is 2.97. The van der Waals surface area contributed by atoms with E-state index in [0.29, 0.717) is 22.2 Å². The first kappa shape index (κ1) is 17.0. The second kappa shape index (κ2) is 6.98. The number of nitrogens with zero attached hydrogens (tertiary/aromatic N) is 2. The second-order valence-electron chi connectivity index (χ2n) is 5.39. The van der Waals surface area contributed by atoms with Crippen LogP contribution in [0.4, 0.5) is 0 Å². The zero-order chi connectivity index (χ0) is 18.0. The minimum absolute atomic E-state index is 0.0715. The Morgan fingerprint density at radius 2 is 1.88 bits per heavy atom. The predicted molar refractivity (Wildman–Crippen MR) is 95.8 cm³/mol. The minimum Gasteiger partial charge on any atom is -0.425 e. The Bertz CT molecular complexity index is 1030. The van der Waals surface area contributed by atoms with Gasteiger partial charge in [0.15, 0.2) is 5.78 Å². The SMILES string of the molecule is CC(=O)c1ccc(OC(=O)Cn2cnc3ccc(Br)cc3c2=O)cc1. The lowest BCUT2D eigenvalue weighted by Gasteiger charge is -2.08. The van der Waals surface area contributed by atoms with Gasteiger partial charge in [-0.3, -0.25) is 14.2 Å². The highest BCUT2D eigenvalue weighted by atomic mass is 79.9. The minimum atomic E-state index is -0.603. The quantitative estimate of drug-likeness (QED) is 0.382. The summed E-state index contributed by atoms with van der Waals surface area (Å²) in [6.07, 6.45) is 1.32. The van der Waals surface area contributed by atoms with Gasteiger partial charge in [0.05, 0.1) is 17.2 Å². The van der Waals surface area contributed by atoms with Crippen molar-refractivity contribution >= 4 is 38.6 Å². The van der Waals surface area contributed by atoms with Crippen molar-refractivity contribution in [3.05, 3.63) is 69.2 Å². The van der Waals surface area contributed by atoms with Crippen molar-refractivity contribution in [1.82, 2.24) is 9.55 Å². The van der Waals surface area contributed by atoms with E-state index in [4.69, 9.17) is 4.74 Å². The number of fused-ring (bicyclic) bond motifs is 1. The van der Waals surface area contributed by atoms with E-state index < -0.39 is 5.97 Å². The Morgan fingerprint density at radius 1 is 1.16 bits per heavy atom. The summed E-state index contributed by atoms with van der Waals surface area (Å²) < 4.78 is 7.15. The molecule has 3 rings (SSSR count). The van der Waals surface area contributed by atoms with Crippen molar-refractivity contribution in [2.75, 3.05) is 0 Å². The molecule has 0 atom stereocenters. The van der Waals surface area contributed by atoms with Crippen molar-refractivity contribution in [2.24, 2.45) is 0 Å². The number of esters is 1. The van der Waals surface area contributed by atoms with E-state index in [1.54, 1.807) is 30.3 Å². The van der Waals surface area contributed by atoms with Gasteiger partial charge in [-0.15, -0.1) is 0 Å². The van der Waals surface area contributed by atoms with Crippen molar-refractivity contribution in [3.63, 3.8) is 0 Å². The van der Waals surface area contributed by atoms with E-state index in [9.17, 15) is 14.4 Å². The smallest absolute Gasteiger partial charge is 0.331 e. The molecule has 0 amide bonds. The van der Waals surface area contributed by atoms with Crippen molar-refractivity contribution < 1.29 is 14.3 Å². The molecule has 0 saturated heterocycles. The average molecular weight is 401 g/mol. The number of halogens is 1. The van der Waals surface area contributed by atoms with Crippen LogP contribution in [0, 0.1) is 0 Å². The number of carbonyl (C=O) groups is 2. The molecule has 6 nitrogen and oxygen atoms in total. The van der Waals surface area contributed by atoms with Gasteiger partial charge >= 0.3 is 5.97 Å². The largest absolute Gasteiger partial charge is 0.425 e. The van der Waals surface area contributed by atoms with Gasteiger partial charge in [0.1, 0.15) is 12.3 Å². The molecule has 3 aromatic rings. The summed E-state index contributed by atoms with van der Waals surface area (Å²) in [5, 5.41) is 0.412. The second-order valence-corrected chi connectivity index (χ2v) is 6.31. The van der Waals surface area contributed by atoms with Gasteiger partial charge in [-0.1, -0.05) is 15.9 Å². The third-order valence-electron chi connectivity index (χ3n) is 3.58. The molecule has 0 bridgehead atoms. The number of rotatable bonds is 4. The van der Waals surface area contributed by atoms with Gasteiger partial charge in [-0.05, 0) is 49.4 Å². The highest BCUT2D eigenvalue weighted by Gasteiger charge is 2.11. The summed E-state index contributed by atoms with van der Waals surface area (Å²) in [6, 6.07) is 11.4. The number of ketones is 1. The summed E-state index contributed by atoms with van der Waals surface area (Å²) in [5.41, 5.74) is 0.758. The van der Waals surface area contributed by atoms with Crippen LogP contribution in [0.25, 0.3) is 10.9 Å². The molecule has 0 spiro atoms. The first-order valence-corrected chi connectivity index (χ1v) is 8.20. The average Bonchev–Trinajstić information content (AvgIpc) is 2.58. The normalized spacial score (nSPS) is 10.6. The van der Waals surface area contributed by atoms with E-state index in [1.807, 2.05) is 0 Å². The molecule has 7 heteroatoms. The molecular weight excluding hydrogens is 388 g/mol. The molecule has 25 heavy (non-hydrogen) atoms.